The predicted molar refractivity (Wildman–Crippen MR) is 168 cm³/mol. The molecule has 1 aliphatic heterocycles. The Morgan fingerprint density at radius 3 is 0.946 bits per heavy atom. The standard InChI is InChI=1S/C35H70N2/c1-4-7-10-13-15-17-18-19-20-22-24-27-30-35-36(31-28-25-12-9-6-3)33-34-37(35)32-29-26-23-21-16-14-11-8-5-2/h33-35H,4-32H2,1-3H3. The molecule has 0 saturated heterocycles. The summed E-state index contributed by atoms with van der Waals surface area (Å²) in [4.78, 5) is 5.39. The van der Waals surface area contributed by atoms with Crippen molar-refractivity contribution in [3.05, 3.63) is 12.4 Å². The van der Waals surface area contributed by atoms with Crippen LogP contribution in [-0.4, -0.2) is 29.1 Å². The highest BCUT2D eigenvalue weighted by atomic mass is 15.4. The van der Waals surface area contributed by atoms with Gasteiger partial charge in [-0.2, -0.15) is 0 Å². The van der Waals surface area contributed by atoms with E-state index >= 15 is 0 Å². The van der Waals surface area contributed by atoms with Crippen molar-refractivity contribution in [3.8, 4) is 0 Å². The summed E-state index contributed by atoms with van der Waals surface area (Å²) >= 11 is 0. The maximum absolute atomic E-state index is 2.70. The lowest BCUT2D eigenvalue weighted by molar-refractivity contribution is 0.135. The first kappa shape index (κ1) is 34.4. The second-order valence-electron chi connectivity index (χ2n) is 12.2. The first-order chi connectivity index (χ1) is 18.3. The molecule has 2 heteroatoms. The molecule has 1 unspecified atom stereocenters. The van der Waals surface area contributed by atoms with Gasteiger partial charge in [-0.15, -0.1) is 0 Å². The lowest BCUT2D eigenvalue weighted by Crippen LogP contribution is -2.39. The van der Waals surface area contributed by atoms with Gasteiger partial charge in [-0.3, -0.25) is 0 Å². The van der Waals surface area contributed by atoms with Crippen LogP contribution >= 0.6 is 0 Å². The zero-order valence-corrected chi connectivity index (χ0v) is 26.1. The van der Waals surface area contributed by atoms with Gasteiger partial charge in [-0.1, -0.05) is 168 Å². The highest BCUT2D eigenvalue weighted by molar-refractivity contribution is 4.97. The summed E-state index contributed by atoms with van der Waals surface area (Å²) < 4.78 is 0. The predicted octanol–water partition coefficient (Wildman–Crippen LogP) is 12.0. The third-order valence-corrected chi connectivity index (χ3v) is 8.57. The van der Waals surface area contributed by atoms with Gasteiger partial charge in [-0.25, -0.2) is 0 Å². The van der Waals surface area contributed by atoms with Gasteiger partial charge in [0.2, 0.25) is 0 Å². The summed E-state index contributed by atoms with van der Waals surface area (Å²) in [5.41, 5.74) is 0. The minimum Gasteiger partial charge on any atom is -0.356 e. The number of hydrogen-bond donors (Lipinski definition) is 0. The van der Waals surface area contributed by atoms with Crippen molar-refractivity contribution in [1.29, 1.82) is 0 Å². The van der Waals surface area contributed by atoms with Crippen molar-refractivity contribution in [3.63, 3.8) is 0 Å². The fourth-order valence-corrected chi connectivity index (χ4v) is 6.01. The Kier molecular flexibility index (Phi) is 25.0. The summed E-state index contributed by atoms with van der Waals surface area (Å²) in [6.45, 7) is 9.47. The Morgan fingerprint density at radius 2 is 0.622 bits per heavy atom. The second-order valence-corrected chi connectivity index (χ2v) is 12.2. The Bertz CT molecular complexity index is 474. The fraction of sp³-hybridized carbons (Fsp3) is 0.943. The summed E-state index contributed by atoms with van der Waals surface area (Å²) in [5, 5.41) is 0. The topological polar surface area (TPSA) is 6.48 Å². The van der Waals surface area contributed by atoms with Gasteiger partial charge in [0.05, 0.1) is 0 Å². The largest absolute Gasteiger partial charge is 0.356 e. The number of nitrogens with zero attached hydrogens (tertiary/aromatic N) is 2. The zero-order valence-electron chi connectivity index (χ0n) is 26.1. The third kappa shape index (κ3) is 20.0. The van der Waals surface area contributed by atoms with Crippen LogP contribution in [0.25, 0.3) is 0 Å². The van der Waals surface area contributed by atoms with Crippen molar-refractivity contribution in [1.82, 2.24) is 9.80 Å². The molecule has 0 aliphatic carbocycles. The second kappa shape index (κ2) is 26.9. The molecule has 0 aromatic heterocycles. The molecule has 220 valence electrons. The minimum absolute atomic E-state index is 0.642. The van der Waals surface area contributed by atoms with E-state index in [-0.39, 0.29) is 0 Å². The van der Waals surface area contributed by atoms with E-state index in [9.17, 15) is 0 Å². The van der Waals surface area contributed by atoms with Crippen LogP contribution in [-0.2, 0) is 0 Å². The summed E-state index contributed by atoms with van der Waals surface area (Å²) in [6.07, 6.45) is 44.0. The monoisotopic (exact) mass is 519 g/mol. The van der Waals surface area contributed by atoms with Gasteiger partial charge in [0.1, 0.15) is 6.17 Å². The quantitative estimate of drug-likeness (QED) is 0.0908. The van der Waals surface area contributed by atoms with Crippen LogP contribution in [0.4, 0.5) is 0 Å². The van der Waals surface area contributed by atoms with Crippen LogP contribution in [0, 0.1) is 0 Å². The van der Waals surface area contributed by atoms with E-state index in [0.29, 0.717) is 6.17 Å². The van der Waals surface area contributed by atoms with Gasteiger partial charge in [0.25, 0.3) is 0 Å². The molecule has 0 bridgehead atoms. The molecule has 0 fully saturated rings. The number of unbranched alkanes of at least 4 members (excludes halogenated alkanes) is 23. The van der Waals surface area contributed by atoms with Crippen LogP contribution in [0.5, 0.6) is 0 Å². The molecule has 0 saturated carbocycles. The summed E-state index contributed by atoms with van der Waals surface area (Å²) in [5.74, 6) is 0. The highest BCUT2D eigenvalue weighted by Gasteiger charge is 2.24. The van der Waals surface area contributed by atoms with E-state index in [1.807, 2.05) is 0 Å². The van der Waals surface area contributed by atoms with Gasteiger partial charge in [0.15, 0.2) is 0 Å². The molecule has 1 atom stereocenters. The van der Waals surface area contributed by atoms with Gasteiger partial charge in [-0.05, 0) is 25.7 Å². The Labute approximate surface area is 235 Å². The maximum Gasteiger partial charge on any atom is 0.101 e. The van der Waals surface area contributed by atoms with Crippen LogP contribution in [0.2, 0.25) is 0 Å². The van der Waals surface area contributed by atoms with E-state index in [1.165, 1.54) is 186 Å². The Hall–Kier alpha value is -0.660. The molecular formula is C35H70N2. The fourth-order valence-electron chi connectivity index (χ4n) is 6.01. The number of rotatable bonds is 29. The van der Waals surface area contributed by atoms with E-state index < -0.39 is 0 Å². The average molecular weight is 519 g/mol. The lowest BCUT2D eigenvalue weighted by Gasteiger charge is -2.33. The van der Waals surface area contributed by atoms with Crippen LogP contribution < -0.4 is 0 Å². The van der Waals surface area contributed by atoms with Crippen LogP contribution in [0.1, 0.15) is 194 Å². The molecule has 1 aliphatic rings. The molecule has 1 rings (SSSR count). The van der Waals surface area contributed by atoms with Crippen molar-refractivity contribution in [2.24, 2.45) is 0 Å². The highest BCUT2D eigenvalue weighted by Crippen LogP contribution is 2.24. The van der Waals surface area contributed by atoms with E-state index in [1.54, 1.807) is 0 Å². The SMILES string of the molecule is CCCCCCCCCCCCCCC1N(CCCCCCC)C=CN1CCCCCCCCCCC. The van der Waals surface area contributed by atoms with Crippen LogP contribution in [0.15, 0.2) is 12.4 Å². The lowest BCUT2D eigenvalue weighted by atomic mass is 10.0. The smallest absolute Gasteiger partial charge is 0.101 e. The maximum atomic E-state index is 2.70. The Balaban J connectivity index is 2.20. The molecule has 2 nitrogen and oxygen atoms in total. The molecular weight excluding hydrogens is 448 g/mol. The van der Waals surface area contributed by atoms with Crippen molar-refractivity contribution in [2.45, 2.75) is 200 Å². The third-order valence-electron chi connectivity index (χ3n) is 8.57. The first-order valence-electron chi connectivity index (χ1n) is 17.5. The van der Waals surface area contributed by atoms with Crippen molar-refractivity contribution in [2.75, 3.05) is 13.1 Å². The minimum atomic E-state index is 0.642. The molecule has 0 aromatic rings. The molecule has 0 radical (unpaired) electrons. The Morgan fingerprint density at radius 1 is 0.351 bits per heavy atom. The molecule has 0 aromatic carbocycles. The summed E-state index contributed by atoms with van der Waals surface area (Å²) in [6, 6.07) is 0. The zero-order chi connectivity index (χ0) is 26.7. The van der Waals surface area contributed by atoms with E-state index in [2.05, 4.69) is 43.0 Å². The van der Waals surface area contributed by atoms with Gasteiger partial charge in [0, 0.05) is 25.5 Å². The molecule has 37 heavy (non-hydrogen) atoms. The van der Waals surface area contributed by atoms with E-state index in [0.717, 1.165) is 0 Å². The van der Waals surface area contributed by atoms with Crippen molar-refractivity contribution < 1.29 is 0 Å². The van der Waals surface area contributed by atoms with Gasteiger partial charge >= 0.3 is 0 Å². The van der Waals surface area contributed by atoms with Crippen molar-refractivity contribution >= 4 is 0 Å². The normalized spacial score (nSPS) is 15.4. The molecule has 0 amide bonds. The molecule has 0 spiro atoms. The number of hydrogen-bond acceptors (Lipinski definition) is 2. The van der Waals surface area contributed by atoms with Crippen LogP contribution in [0.3, 0.4) is 0 Å². The summed E-state index contributed by atoms with van der Waals surface area (Å²) in [7, 11) is 0. The first-order valence-corrected chi connectivity index (χ1v) is 17.5. The molecule has 1 heterocycles. The average Bonchev–Trinajstić information content (AvgIpc) is 3.29. The molecule has 0 N–H and O–H groups in total. The van der Waals surface area contributed by atoms with E-state index in [4.69, 9.17) is 0 Å². The van der Waals surface area contributed by atoms with Gasteiger partial charge < -0.3 is 9.80 Å².